The van der Waals surface area contributed by atoms with E-state index in [-0.39, 0.29) is 0 Å². The molecular formula is C13H11BrCl2N2O. The molecule has 0 unspecified atom stereocenters. The van der Waals surface area contributed by atoms with Gasteiger partial charge in [-0.1, -0.05) is 35.3 Å². The van der Waals surface area contributed by atoms with Crippen LogP contribution in [0.2, 0.25) is 10.2 Å². The Kier molecular flexibility index (Phi) is 5.16. The van der Waals surface area contributed by atoms with Gasteiger partial charge in [-0.25, -0.2) is 9.97 Å². The van der Waals surface area contributed by atoms with Gasteiger partial charge in [0.25, 0.3) is 0 Å². The van der Waals surface area contributed by atoms with E-state index in [0.29, 0.717) is 33.5 Å². The van der Waals surface area contributed by atoms with Crippen molar-refractivity contribution in [1.29, 1.82) is 0 Å². The maximum atomic E-state index is 6.07. The maximum Gasteiger partial charge on any atom is 0.147 e. The van der Waals surface area contributed by atoms with E-state index in [1.54, 1.807) is 7.11 Å². The molecule has 3 nitrogen and oxygen atoms in total. The summed E-state index contributed by atoms with van der Waals surface area (Å²) in [5.41, 5.74) is 1.82. The lowest BCUT2D eigenvalue weighted by Gasteiger charge is -2.07. The molecule has 2 rings (SSSR count). The second-order valence-electron chi connectivity index (χ2n) is 3.93. The van der Waals surface area contributed by atoms with Gasteiger partial charge in [0.1, 0.15) is 11.0 Å². The van der Waals surface area contributed by atoms with Crippen molar-refractivity contribution in [3.05, 3.63) is 56.0 Å². The second kappa shape index (κ2) is 6.66. The Hall–Kier alpha value is -0.680. The van der Waals surface area contributed by atoms with Gasteiger partial charge in [-0.3, -0.25) is 0 Å². The summed E-state index contributed by atoms with van der Waals surface area (Å²) in [6, 6.07) is 7.57. The van der Waals surface area contributed by atoms with Crippen molar-refractivity contribution in [2.75, 3.05) is 7.11 Å². The molecule has 6 heteroatoms. The summed E-state index contributed by atoms with van der Waals surface area (Å²) in [7, 11) is 1.61. The van der Waals surface area contributed by atoms with E-state index in [2.05, 4.69) is 25.9 Å². The van der Waals surface area contributed by atoms with Crippen LogP contribution in [0.5, 0.6) is 0 Å². The van der Waals surface area contributed by atoms with Crippen LogP contribution in [0, 0.1) is 0 Å². The Bertz CT molecular complexity index is 576. The molecule has 0 saturated carbocycles. The zero-order valence-corrected chi connectivity index (χ0v) is 13.3. The Morgan fingerprint density at radius 2 is 1.84 bits per heavy atom. The monoisotopic (exact) mass is 360 g/mol. The topological polar surface area (TPSA) is 35.0 Å². The summed E-state index contributed by atoms with van der Waals surface area (Å²) in [5.74, 6) is 0.655. The molecule has 0 N–H and O–H groups in total. The number of ether oxygens (including phenoxy) is 1. The minimum Gasteiger partial charge on any atom is -0.378 e. The molecule has 0 aliphatic carbocycles. The highest BCUT2D eigenvalue weighted by Gasteiger charge is 2.11. The Balaban J connectivity index is 2.27. The molecule has 0 spiro atoms. The third kappa shape index (κ3) is 3.89. The highest BCUT2D eigenvalue weighted by atomic mass is 79.9. The molecule has 19 heavy (non-hydrogen) atoms. The first-order valence-corrected chi connectivity index (χ1v) is 7.09. The van der Waals surface area contributed by atoms with Gasteiger partial charge in [0.05, 0.1) is 16.8 Å². The number of hydrogen-bond acceptors (Lipinski definition) is 3. The van der Waals surface area contributed by atoms with Gasteiger partial charge >= 0.3 is 0 Å². The molecule has 0 fully saturated rings. The fourth-order valence-electron chi connectivity index (χ4n) is 1.61. The lowest BCUT2D eigenvalue weighted by molar-refractivity contribution is 0.180. The largest absolute Gasteiger partial charge is 0.378 e. The predicted molar refractivity (Wildman–Crippen MR) is 79.7 cm³/mol. The van der Waals surface area contributed by atoms with Crippen molar-refractivity contribution >= 4 is 39.1 Å². The highest BCUT2D eigenvalue weighted by Crippen LogP contribution is 2.24. The molecule has 1 aromatic heterocycles. The number of rotatable bonds is 4. The SMILES string of the molecule is COCc1nc(Cc2ccc(Cl)cc2)nc(Cl)c1Br. The molecule has 1 aromatic carbocycles. The molecule has 0 aliphatic rings. The fraction of sp³-hybridized carbons (Fsp3) is 0.231. The van der Waals surface area contributed by atoms with Gasteiger partial charge in [-0.15, -0.1) is 0 Å². The predicted octanol–water partition coefficient (Wildman–Crippen LogP) is 4.28. The van der Waals surface area contributed by atoms with E-state index in [4.69, 9.17) is 27.9 Å². The number of nitrogens with zero attached hydrogens (tertiary/aromatic N) is 2. The van der Waals surface area contributed by atoms with Crippen LogP contribution in [-0.2, 0) is 17.8 Å². The summed E-state index contributed by atoms with van der Waals surface area (Å²) in [6.07, 6.45) is 0.598. The number of methoxy groups -OCH3 is 1. The van der Waals surface area contributed by atoms with Gasteiger partial charge in [0.2, 0.25) is 0 Å². The van der Waals surface area contributed by atoms with Gasteiger partial charge < -0.3 is 4.74 Å². The van der Waals surface area contributed by atoms with Crippen LogP contribution >= 0.6 is 39.1 Å². The Morgan fingerprint density at radius 3 is 2.47 bits per heavy atom. The van der Waals surface area contributed by atoms with Crippen LogP contribution < -0.4 is 0 Å². The van der Waals surface area contributed by atoms with Crippen LogP contribution in [0.15, 0.2) is 28.7 Å². The molecule has 0 aliphatic heterocycles. The van der Waals surface area contributed by atoms with Crippen LogP contribution in [0.25, 0.3) is 0 Å². The van der Waals surface area contributed by atoms with E-state index in [1.165, 1.54) is 0 Å². The van der Waals surface area contributed by atoms with Crippen LogP contribution in [0.3, 0.4) is 0 Å². The maximum absolute atomic E-state index is 6.07. The van der Waals surface area contributed by atoms with Gasteiger partial charge in [-0.2, -0.15) is 0 Å². The van der Waals surface area contributed by atoms with Gasteiger partial charge in [0, 0.05) is 18.6 Å². The smallest absolute Gasteiger partial charge is 0.147 e. The molecule has 2 aromatic rings. The lowest BCUT2D eigenvalue weighted by Crippen LogP contribution is -2.03. The van der Waals surface area contributed by atoms with Gasteiger partial charge in [0.15, 0.2) is 0 Å². The average molecular weight is 362 g/mol. The summed E-state index contributed by atoms with van der Waals surface area (Å²) in [5, 5.41) is 1.10. The molecule has 0 atom stereocenters. The average Bonchev–Trinajstić information content (AvgIpc) is 2.38. The molecule has 0 amide bonds. The highest BCUT2D eigenvalue weighted by molar-refractivity contribution is 9.10. The van der Waals surface area contributed by atoms with Crippen LogP contribution in [0.4, 0.5) is 0 Å². The van der Waals surface area contributed by atoms with Crippen molar-refractivity contribution in [1.82, 2.24) is 9.97 Å². The summed E-state index contributed by atoms with van der Waals surface area (Å²) >= 11 is 15.3. The number of aromatic nitrogens is 2. The molecule has 0 radical (unpaired) electrons. The summed E-state index contributed by atoms with van der Waals surface area (Å²) in [4.78, 5) is 8.69. The zero-order chi connectivity index (χ0) is 13.8. The molecule has 0 bridgehead atoms. The Morgan fingerprint density at radius 1 is 1.16 bits per heavy atom. The first-order valence-electron chi connectivity index (χ1n) is 5.54. The molecule has 0 saturated heterocycles. The molecule has 100 valence electrons. The van der Waals surface area contributed by atoms with E-state index in [9.17, 15) is 0 Å². The number of hydrogen-bond donors (Lipinski definition) is 0. The first kappa shape index (κ1) is 14.7. The molecular weight excluding hydrogens is 351 g/mol. The van der Waals surface area contributed by atoms with E-state index < -0.39 is 0 Å². The first-order chi connectivity index (χ1) is 9.10. The summed E-state index contributed by atoms with van der Waals surface area (Å²) in [6.45, 7) is 0.385. The minimum atomic E-state index is 0.385. The Labute approximate surface area is 130 Å². The van der Waals surface area contributed by atoms with Crippen molar-refractivity contribution in [2.24, 2.45) is 0 Å². The molecule has 1 heterocycles. The van der Waals surface area contributed by atoms with E-state index >= 15 is 0 Å². The van der Waals surface area contributed by atoms with Crippen molar-refractivity contribution in [2.45, 2.75) is 13.0 Å². The number of halogens is 3. The third-order valence-corrected chi connectivity index (χ3v) is 4.07. The van der Waals surface area contributed by atoms with Gasteiger partial charge in [-0.05, 0) is 33.6 Å². The standard InChI is InChI=1S/C13H11BrCl2N2O/c1-19-7-10-12(14)13(16)18-11(17-10)6-8-2-4-9(15)5-3-8/h2-5H,6-7H2,1H3. The van der Waals surface area contributed by atoms with E-state index in [1.807, 2.05) is 24.3 Å². The van der Waals surface area contributed by atoms with Crippen LogP contribution in [0.1, 0.15) is 17.1 Å². The summed E-state index contributed by atoms with van der Waals surface area (Å²) < 4.78 is 5.77. The quantitative estimate of drug-likeness (QED) is 0.762. The van der Waals surface area contributed by atoms with E-state index in [0.717, 1.165) is 11.3 Å². The minimum absolute atomic E-state index is 0.385. The van der Waals surface area contributed by atoms with Crippen molar-refractivity contribution in [3.63, 3.8) is 0 Å². The lowest BCUT2D eigenvalue weighted by atomic mass is 10.1. The van der Waals surface area contributed by atoms with Crippen LogP contribution in [-0.4, -0.2) is 17.1 Å². The second-order valence-corrected chi connectivity index (χ2v) is 5.52. The fourth-order valence-corrected chi connectivity index (χ4v) is 2.23. The van der Waals surface area contributed by atoms with Crippen molar-refractivity contribution in [3.8, 4) is 0 Å². The normalized spacial score (nSPS) is 10.7. The third-order valence-electron chi connectivity index (χ3n) is 2.48. The zero-order valence-electron chi connectivity index (χ0n) is 10.2. The van der Waals surface area contributed by atoms with Crippen molar-refractivity contribution < 1.29 is 4.74 Å². The number of benzene rings is 1.